The van der Waals surface area contributed by atoms with Crippen molar-refractivity contribution in [3.8, 4) is 0 Å². The molecule has 1 heterocycles. The molecule has 0 aromatic heterocycles. The molecular weight excluding hydrogens is 400 g/mol. The van der Waals surface area contributed by atoms with Crippen LogP contribution in [0.15, 0.2) is 59.5 Å². The summed E-state index contributed by atoms with van der Waals surface area (Å²) in [7, 11) is -3.32. The molecule has 0 spiro atoms. The van der Waals surface area contributed by atoms with Gasteiger partial charge >= 0.3 is 0 Å². The Morgan fingerprint density at radius 2 is 1.53 bits per heavy atom. The lowest BCUT2D eigenvalue weighted by Crippen LogP contribution is -2.43. The first-order valence-electron chi connectivity index (χ1n) is 10.5. The topological polar surface area (TPSA) is 83.6 Å². The summed E-state index contributed by atoms with van der Waals surface area (Å²) in [6.07, 6.45) is 4.73. The molecule has 1 N–H and O–H groups in total. The lowest BCUT2D eigenvalue weighted by atomic mass is 10.1. The standard InChI is InChI=1S/C23H26N2O4S/c26-22(21-11-6-16-25(21)23(27)17-7-2-1-3-8-17)24-18-12-14-20(15-13-18)30(28,29)19-9-4-5-10-19/h1-3,7-8,12-15,19,21H,4-6,9-11,16H2,(H,24,26). The van der Waals surface area contributed by atoms with Gasteiger partial charge in [0.2, 0.25) is 5.91 Å². The quantitative estimate of drug-likeness (QED) is 0.791. The Morgan fingerprint density at radius 1 is 0.867 bits per heavy atom. The number of likely N-dealkylation sites (tertiary alicyclic amines) is 1. The molecule has 1 saturated heterocycles. The summed E-state index contributed by atoms with van der Waals surface area (Å²) in [6, 6.07) is 14.8. The number of sulfone groups is 1. The minimum atomic E-state index is -3.32. The molecule has 2 aromatic carbocycles. The Hall–Kier alpha value is -2.67. The Bertz CT molecular complexity index is 1010. The number of anilines is 1. The largest absolute Gasteiger partial charge is 0.327 e. The number of hydrogen-bond acceptors (Lipinski definition) is 4. The van der Waals surface area contributed by atoms with E-state index in [1.807, 2.05) is 6.07 Å². The van der Waals surface area contributed by atoms with Crippen molar-refractivity contribution in [2.45, 2.75) is 54.7 Å². The number of hydrogen-bond donors (Lipinski definition) is 1. The molecule has 2 fully saturated rings. The average Bonchev–Trinajstić information content (AvgIpc) is 3.47. The molecule has 1 unspecified atom stereocenters. The van der Waals surface area contributed by atoms with E-state index in [4.69, 9.17) is 0 Å². The van der Waals surface area contributed by atoms with Gasteiger partial charge in [0.15, 0.2) is 9.84 Å². The molecule has 6 nitrogen and oxygen atoms in total. The van der Waals surface area contributed by atoms with E-state index < -0.39 is 15.9 Å². The molecule has 4 rings (SSSR count). The molecule has 1 aliphatic heterocycles. The number of amides is 2. The maximum Gasteiger partial charge on any atom is 0.254 e. The van der Waals surface area contributed by atoms with Crippen LogP contribution in [0.25, 0.3) is 0 Å². The van der Waals surface area contributed by atoms with Crippen molar-refractivity contribution in [2.24, 2.45) is 0 Å². The lowest BCUT2D eigenvalue weighted by Gasteiger charge is -2.24. The second-order valence-electron chi connectivity index (χ2n) is 7.99. The van der Waals surface area contributed by atoms with Crippen LogP contribution in [0.2, 0.25) is 0 Å². The van der Waals surface area contributed by atoms with Gasteiger partial charge in [0.25, 0.3) is 5.91 Å². The molecule has 0 bridgehead atoms. The number of rotatable bonds is 5. The van der Waals surface area contributed by atoms with Crippen molar-refractivity contribution in [3.05, 3.63) is 60.2 Å². The predicted molar refractivity (Wildman–Crippen MR) is 115 cm³/mol. The minimum Gasteiger partial charge on any atom is -0.327 e. The Balaban J connectivity index is 1.44. The van der Waals surface area contributed by atoms with E-state index in [1.165, 1.54) is 0 Å². The molecule has 2 aromatic rings. The fraction of sp³-hybridized carbons (Fsp3) is 0.391. The summed E-state index contributed by atoms with van der Waals surface area (Å²) in [4.78, 5) is 27.5. The van der Waals surface area contributed by atoms with Gasteiger partial charge in [-0.2, -0.15) is 0 Å². The van der Waals surface area contributed by atoms with Crippen LogP contribution >= 0.6 is 0 Å². The molecule has 1 atom stereocenters. The first-order chi connectivity index (χ1) is 14.5. The van der Waals surface area contributed by atoms with Crippen LogP contribution in [-0.4, -0.2) is 43.0 Å². The number of carbonyl (C=O) groups is 2. The van der Waals surface area contributed by atoms with Crippen LogP contribution in [-0.2, 0) is 14.6 Å². The molecule has 158 valence electrons. The summed E-state index contributed by atoms with van der Waals surface area (Å²) in [6.45, 7) is 0.546. The third-order valence-corrected chi connectivity index (χ3v) is 8.31. The second-order valence-corrected chi connectivity index (χ2v) is 10.2. The van der Waals surface area contributed by atoms with Crippen LogP contribution in [0.1, 0.15) is 48.9 Å². The summed E-state index contributed by atoms with van der Waals surface area (Å²) < 4.78 is 25.4. The van der Waals surface area contributed by atoms with Crippen LogP contribution in [0.3, 0.4) is 0 Å². The lowest BCUT2D eigenvalue weighted by molar-refractivity contribution is -0.119. The maximum absolute atomic E-state index is 12.8. The Kier molecular flexibility index (Phi) is 5.90. The fourth-order valence-corrected chi connectivity index (χ4v) is 6.23. The number of carbonyl (C=O) groups excluding carboxylic acids is 2. The van der Waals surface area contributed by atoms with Crippen molar-refractivity contribution in [1.29, 1.82) is 0 Å². The summed E-state index contributed by atoms with van der Waals surface area (Å²) in [5.41, 5.74) is 1.10. The van der Waals surface area contributed by atoms with Gasteiger partial charge in [-0.15, -0.1) is 0 Å². The molecule has 7 heteroatoms. The van der Waals surface area contributed by atoms with Gasteiger partial charge in [-0.3, -0.25) is 9.59 Å². The van der Waals surface area contributed by atoms with Crippen LogP contribution in [0.4, 0.5) is 5.69 Å². The van der Waals surface area contributed by atoms with Gasteiger partial charge in [0, 0.05) is 17.8 Å². The molecule has 2 aliphatic rings. The summed E-state index contributed by atoms with van der Waals surface area (Å²) in [5.74, 6) is -0.394. The molecular formula is C23H26N2O4S. The zero-order valence-corrected chi connectivity index (χ0v) is 17.6. The highest BCUT2D eigenvalue weighted by Gasteiger charge is 2.35. The van der Waals surface area contributed by atoms with E-state index >= 15 is 0 Å². The van der Waals surface area contributed by atoms with Gasteiger partial charge in [-0.25, -0.2) is 8.42 Å². The third kappa shape index (κ3) is 4.12. The van der Waals surface area contributed by atoms with Crippen molar-refractivity contribution in [3.63, 3.8) is 0 Å². The molecule has 2 amide bonds. The van der Waals surface area contributed by atoms with E-state index in [9.17, 15) is 18.0 Å². The van der Waals surface area contributed by atoms with E-state index in [0.29, 0.717) is 42.0 Å². The summed E-state index contributed by atoms with van der Waals surface area (Å²) in [5, 5.41) is 2.54. The van der Waals surface area contributed by atoms with Crippen LogP contribution in [0.5, 0.6) is 0 Å². The van der Waals surface area contributed by atoms with Gasteiger partial charge in [-0.1, -0.05) is 31.0 Å². The van der Waals surface area contributed by atoms with Crippen molar-refractivity contribution < 1.29 is 18.0 Å². The summed E-state index contributed by atoms with van der Waals surface area (Å²) >= 11 is 0. The first-order valence-corrected chi connectivity index (χ1v) is 12.0. The Morgan fingerprint density at radius 3 is 2.20 bits per heavy atom. The normalized spacial score (nSPS) is 19.7. The van der Waals surface area contributed by atoms with E-state index in [1.54, 1.807) is 53.4 Å². The molecule has 1 saturated carbocycles. The van der Waals surface area contributed by atoms with Crippen molar-refractivity contribution in [1.82, 2.24) is 4.90 Å². The molecule has 0 radical (unpaired) electrons. The SMILES string of the molecule is O=C(Nc1ccc(S(=O)(=O)C2CCCC2)cc1)C1CCCN1C(=O)c1ccccc1. The monoisotopic (exact) mass is 426 g/mol. The second kappa shape index (κ2) is 8.60. The third-order valence-electron chi connectivity index (χ3n) is 6.03. The number of nitrogens with zero attached hydrogens (tertiary/aromatic N) is 1. The highest BCUT2D eigenvalue weighted by Crippen LogP contribution is 2.30. The zero-order valence-electron chi connectivity index (χ0n) is 16.8. The molecule has 30 heavy (non-hydrogen) atoms. The Labute approximate surface area is 177 Å². The van der Waals surface area contributed by atoms with E-state index in [2.05, 4.69) is 5.32 Å². The van der Waals surface area contributed by atoms with Gasteiger partial charge < -0.3 is 10.2 Å². The van der Waals surface area contributed by atoms with Crippen LogP contribution in [0, 0.1) is 0 Å². The molecule has 1 aliphatic carbocycles. The predicted octanol–water partition coefficient (Wildman–Crippen LogP) is 3.65. The number of benzene rings is 2. The van der Waals surface area contributed by atoms with Crippen molar-refractivity contribution >= 4 is 27.3 Å². The fourth-order valence-electron chi connectivity index (χ4n) is 4.37. The van der Waals surface area contributed by atoms with E-state index in [-0.39, 0.29) is 17.1 Å². The average molecular weight is 427 g/mol. The highest BCUT2D eigenvalue weighted by molar-refractivity contribution is 7.92. The number of nitrogens with one attached hydrogen (secondary N) is 1. The van der Waals surface area contributed by atoms with Crippen LogP contribution < -0.4 is 5.32 Å². The van der Waals surface area contributed by atoms with E-state index in [0.717, 1.165) is 19.3 Å². The van der Waals surface area contributed by atoms with Gasteiger partial charge in [0.05, 0.1) is 10.1 Å². The van der Waals surface area contributed by atoms with Gasteiger partial charge in [0.1, 0.15) is 6.04 Å². The van der Waals surface area contributed by atoms with Gasteiger partial charge in [-0.05, 0) is 62.1 Å². The van der Waals surface area contributed by atoms with Crippen molar-refractivity contribution in [2.75, 3.05) is 11.9 Å². The first kappa shape index (κ1) is 20.6. The minimum absolute atomic E-state index is 0.147. The zero-order chi connectivity index (χ0) is 21.1. The highest BCUT2D eigenvalue weighted by atomic mass is 32.2. The smallest absolute Gasteiger partial charge is 0.254 e. The maximum atomic E-state index is 12.8.